The fourth-order valence-electron chi connectivity index (χ4n) is 0.568. The van der Waals surface area contributed by atoms with Crippen LogP contribution < -0.4 is 0 Å². The minimum absolute atomic E-state index is 0.198. The highest BCUT2D eigenvalue weighted by Gasteiger charge is 2.00. The topological polar surface area (TPSA) is 52.3 Å². The standard InChI is InChI=1S/C7H9NO3/c1-2-7(9)10-5-6-3-4-11-8-6/h3-4H,2,5H2,1H3. The first-order chi connectivity index (χ1) is 5.33. The molecule has 1 rings (SSSR count). The van der Waals surface area contributed by atoms with Crippen LogP contribution in [0.5, 0.6) is 0 Å². The molecule has 0 aliphatic heterocycles. The molecule has 4 heteroatoms. The van der Waals surface area contributed by atoms with E-state index in [1.165, 1.54) is 6.26 Å². The normalized spacial score (nSPS) is 9.55. The summed E-state index contributed by atoms with van der Waals surface area (Å²) in [6.45, 7) is 1.94. The van der Waals surface area contributed by atoms with Crippen molar-refractivity contribution in [1.29, 1.82) is 0 Å². The van der Waals surface area contributed by atoms with Gasteiger partial charge in [-0.1, -0.05) is 12.1 Å². The Labute approximate surface area is 64.1 Å². The van der Waals surface area contributed by atoms with Gasteiger partial charge in [0.2, 0.25) is 0 Å². The third kappa shape index (κ3) is 2.41. The summed E-state index contributed by atoms with van der Waals surface area (Å²) < 4.78 is 9.31. The van der Waals surface area contributed by atoms with E-state index in [2.05, 4.69) is 9.68 Å². The van der Waals surface area contributed by atoms with Crippen molar-refractivity contribution in [1.82, 2.24) is 5.16 Å². The molecule has 4 nitrogen and oxygen atoms in total. The second kappa shape index (κ2) is 3.75. The van der Waals surface area contributed by atoms with E-state index in [4.69, 9.17) is 4.74 Å². The number of rotatable bonds is 3. The van der Waals surface area contributed by atoms with Gasteiger partial charge in [-0.2, -0.15) is 0 Å². The zero-order valence-corrected chi connectivity index (χ0v) is 6.24. The van der Waals surface area contributed by atoms with Gasteiger partial charge in [-0.3, -0.25) is 4.79 Å². The number of carbonyl (C=O) groups is 1. The molecule has 1 aromatic rings. The summed E-state index contributed by atoms with van der Waals surface area (Å²) >= 11 is 0. The molecule has 0 radical (unpaired) electrons. The van der Waals surface area contributed by atoms with Crippen molar-refractivity contribution >= 4 is 5.97 Å². The minimum Gasteiger partial charge on any atom is -0.459 e. The van der Waals surface area contributed by atoms with Crippen LogP contribution in [0.4, 0.5) is 0 Å². The fourth-order valence-corrected chi connectivity index (χ4v) is 0.568. The molecular formula is C7H9NO3. The third-order valence-corrected chi connectivity index (χ3v) is 1.16. The lowest BCUT2D eigenvalue weighted by Crippen LogP contribution is -2.02. The van der Waals surface area contributed by atoms with Crippen LogP contribution in [0.3, 0.4) is 0 Å². The first kappa shape index (κ1) is 7.78. The maximum absolute atomic E-state index is 10.6. The summed E-state index contributed by atoms with van der Waals surface area (Å²) in [6, 6.07) is 1.66. The molecule has 0 amide bonds. The lowest BCUT2D eigenvalue weighted by atomic mass is 10.4. The SMILES string of the molecule is CCC(=O)OCc1ccon1. The lowest BCUT2D eigenvalue weighted by Gasteiger charge is -1.97. The van der Waals surface area contributed by atoms with Gasteiger partial charge >= 0.3 is 5.97 Å². The molecule has 1 heterocycles. The molecule has 0 bridgehead atoms. The Morgan fingerprint density at radius 1 is 1.82 bits per heavy atom. The minimum atomic E-state index is -0.229. The number of aromatic nitrogens is 1. The molecule has 0 aromatic carbocycles. The van der Waals surface area contributed by atoms with Crippen LogP contribution in [-0.4, -0.2) is 11.1 Å². The molecule has 0 N–H and O–H groups in total. The monoisotopic (exact) mass is 155 g/mol. The Kier molecular flexibility index (Phi) is 2.66. The van der Waals surface area contributed by atoms with Crippen molar-refractivity contribution in [3.05, 3.63) is 18.0 Å². The second-order valence-electron chi connectivity index (χ2n) is 2.01. The average Bonchev–Trinajstić information content (AvgIpc) is 2.52. The predicted molar refractivity (Wildman–Crippen MR) is 36.6 cm³/mol. The smallest absolute Gasteiger partial charge is 0.305 e. The molecule has 0 atom stereocenters. The van der Waals surface area contributed by atoms with Gasteiger partial charge in [0.15, 0.2) is 0 Å². The van der Waals surface area contributed by atoms with Crippen LogP contribution in [0.1, 0.15) is 19.0 Å². The Morgan fingerprint density at radius 3 is 3.18 bits per heavy atom. The van der Waals surface area contributed by atoms with Crippen LogP contribution in [0.15, 0.2) is 16.9 Å². The summed E-state index contributed by atoms with van der Waals surface area (Å²) in [5.41, 5.74) is 0.631. The van der Waals surface area contributed by atoms with Crippen molar-refractivity contribution in [2.45, 2.75) is 20.0 Å². The fraction of sp³-hybridized carbons (Fsp3) is 0.429. The van der Waals surface area contributed by atoms with E-state index in [1.807, 2.05) is 0 Å². The van der Waals surface area contributed by atoms with E-state index < -0.39 is 0 Å². The quantitative estimate of drug-likeness (QED) is 0.614. The van der Waals surface area contributed by atoms with Crippen molar-refractivity contribution in [2.75, 3.05) is 0 Å². The highest BCUT2D eigenvalue weighted by molar-refractivity contribution is 5.68. The number of ether oxygens (including phenoxy) is 1. The van der Waals surface area contributed by atoms with E-state index in [0.29, 0.717) is 12.1 Å². The van der Waals surface area contributed by atoms with Crippen molar-refractivity contribution in [3.63, 3.8) is 0 Å². The van der Waals surface area contributed by atoms with Gasteiger partial charge in [0.05, 0.1) is 0 Å². The van der Waals surface area contributed by atoms with Gasteiger partial charge in [0, 0.05) is 12.5 Å². The van der Waals surface area contributed by atoms with E-state index >= 15 is 0 Å². The van der Waals surface area contributed by atoms with Crippen LogP contribution in [0.25, 0.3) is 0 Å². The van der Waals surface area contributed by atoms with E-state index in [-0.39, 0.29) is 12.6 Å². The first-order valence-electron chi connectivity index (χ1n) is 3.38. The van der Waals surface area contributed by atoms with Gasteiger partial charge in [-0.15, -0.1) is 0 Å². The molecule has 0 spiro atoms. The Balaban J connectivity index is 2.29. The molecule has 11 heavy (non-hydrogen) atoms. The lowest BCUT2D eigenvalue weighted by molar-refractivity contribution is -0.144. The maximum Gasteiger partial charge on any atom is 0.305 e. The maximum atomic E-state index is 10.6. The summed E-state index contributed by atoms with van der Waals surface area (Å²) in [5.74, 6) is -0.229. The second-order valence-corrected chi connectivity index (χ2v) is 2.01. The molecule has 0 unspecified atom stereocenters. The van der Waals surface area contributed by atoms with E-state index in [9.17, 15) is 4.79 Å². The molecule has 0 saturated heterocycles. The average molecular weight is 155 g/mol. The summed E-state index contributed by atoms with van der Waals surface area (Å²) in [6.07, 6.45) is 1.83. The zero-order valence-electron chi connectivity index (χ0n) is 6.24. The predicted octanol–water partition coefficient (Wildman–Crippen LogP) is 1.13. The van der Waals surface area contributed by atoms with Crippen LogP contribution in [-0.2, 0) is 16.1 Å². The van der Waals surface area contributed by atoms with Crippen molar-refractivity contribution in [2.24, 2.45) is 0 Å². The van der Waals surface area contributed by atoms with E-state index in [0.717, 1.165) is 0 Å². The number of carbonyl (C=O) groups excluding carboxylic acids is 1. The Bertz CT molecular complexity index is 218. The van der Waals surface area contributed by atoms with Crippen molar-refractivity contribution in [3.8, 4) is 0 Å². The molecule has 0 saturated carbocycles. The summed E-state index contributed by atoms with van der Waals surface area (Å²) in [5, 5.41) is 3.57. The number of nitrogens with zero attached hydrogens (tertiary/aromatic N) is 1. The van der Waals surface area contributed by atoms with Gasteiger partial charge in [-0.05, 0) is 0 Å². The van der Waals surface area contributed by atoms with Gasteiger partial charge in [0.1, 0.15) is 18.6 Å². The summed E-state index contributed by atoms with van der Waals surface area (Å²) in [4.78, 5) is 10.6. The molecule has 1 aromatic heterocycles. The van der Waals surface area contributed by atoms with Gasteiger partial charge in [0.25, 0.3) is 0 Å². The third-order valence-electron chi connectivity index (χ3n) is 1.16. The number of esters is 1. The van der Waals surface area contributed by atoms with Gasteiger partial charge < -0.3 is 9.26 Å². The molecule has 0 aliphatic carbocycles. The molecule has 60 valence electrons. The Morgan fingerprint density at radius 2 is 2.64 bits per heavy atom. The van der Waals surface area contributed by atoms with E-state index in [1.54, 1.807) is 13.0 Å². The van der Waals surface area contributed by atoms with Crippen LogP contribution >= 0.6 is 0 Å². The largest absolute Gasteiger partial charge is 0.459 e. The molecular weight excluding hydrogens is 146 g/mol. The molecule has 0 aliphatic rings. The molecule has 0 fully saturated rings. The van der Waals surface area contributed by atoms with Crippen LogP contribution in [0.2, 0.25) is 0 Å². The number of hydrogen-bond acceptors (Lipinski definition) is 4. The zero-order chi connectivity index (χ0) is 8.10. The van der Waals surface area contributed by atoms with Gasteiger partial charge in [-0.25, -0.2) is 0 Å². The summed E-state index contributed by atoms with van der Waals surface area (Å²) in [7, 11) is 0. The number of hydrogen-bond donors (Lipinski definition) is 0. The highest BCUT2D eigenvalue weighted by atomic mass is 16.5. The Hall–Kier alpha value is -1.32. The van der Waals surface area contributed by atoms with Crippen molar-refractivity contribution < 1.29 is 14.1 Å². The highest BCUT2D eigenvalue weighted by Crippen LogP contribution is 1.97. The first-order valence-corrected chi connectivity index (χ1v) is 3.38. The van der Waals surface area contributed by atoms with Crippen LogP contribution in [0, 0.1) is 0 Å².